The van der Waals surface area contributed by atoms with Crippen molar-refractivity contribution in [3.05, 3.63) is 91.5 Å². The van der Waals surface area contributed by atoms with E-state index in [1.54, 1.807) is 24.3 Å². The number of carbonyl (C=O) groups excluding carboxylic acids is 1. The first kappa shape index (κ1) is 20.4. The second-order valence-electron chi connectivity index (χ2n) is 6.15. The van der Waals surface area contributed by atoms with Crippen LogP contribution in [0.3, 0.4) is 0 Å². The first-order valence-corrected chi connectivity index (χ1v) is 9.08. The van der Waals surface area contributed by atoms with E-state index in [0.29, 0.717) is 16.5 Å². The van der Waals surface area contributed by atoms with Gasteiger partial charge in [-0.2, -0.15) is 5.26 Å². The number of benzene rings is 3. The average molecular weight is 401 g/mol. The van der Waals surface area contributed by atoms with Gasteiger partial charge in [0.25, 0.3) is 11.4 Å². The molecule has 1 aliphatic carbocycles. The Balaban J connectivity index is 0.00000124. The summed E-state index contributed by atoms with van der Waals surface area (Å²) in [4.78, 5) is 34.1. The molecule has 0 saturated heterocycles. The summed E-state index contributed by atoms with van der Waals surface area (Å²) in [5.74, 6) is -0.504. The van der Waals surface area contributed by atoms with Crippen molar-refractivity contribution in [1.29, 1.82) is 5.26 Å². The van der Waals surface area contributed by atoms with Gasteiger partial charge in [0.05, 0.1) is 21.5 Å². The first-order chi connectivity index (χ1) is 14.4. The van der Waals surface area contributed by atoms with Crippen LogP contribution >= 0.6 is 0 Å². The number of hydrogen-bond acceptors (Lipinski definition) is 6. The topological polar surface area (TPSA) is 127 Å². The van der Waals surface area contributed by atoms with Crippen LogP contribution in [0, 0.1) is 31.6 Å². The molecule has 0 atom stereocenters. The standard InChI is InChI=1S/C20H9N3O5.C2H6/c21-10-17-15-5-1-3-11-4-2-6-16(18(11)15)20(24)19(17)12-7-13(22(25)26)9-14(8-12)23(27)28;1-2/h1-9H;1-2H3. The highest BCUT2D eigenvalue weighted by Crippen LogP contribution is 2.41. The van der Waals surface area contributed by atoms with Crippen molar-refractivity contribution >= 4 is 39.1 Å². The molecule has 0 amide bonds. The summed E-state index contributed by atoms with van der Waals surface area (Å²) in [6.45, 7) is 4.00. The van der Waals surface area contributed by atoms with Crippen molar-refractivity contribution in [3.8, 4) is 6.07 Å². The summed E-state index contributed by atoms with van der Waals surface area (Å²) in [5, 5.41) is 33.6. The zero-order chi connectivity index (χ0) is 22.0. The van der Waals surface area contributed by atoms with Gasteiger partial charge in [0.2, 0.25) is 0 Å². The van der Waals surface area contributed by atoms with Crippen LogP contribution < -0.4 is 0 Å². The van der Waals surface area contributed by atoms with E-state index in [2.05, 4.69) is 0 Å². The number of nitro benzene ring substituents is 2. The van der Waals surface area contributed by atoms with E-state index in [9.17, 15) is 30.3 Å². The lowest BCUT2D eigenvalue weighted by Gasteiger charge is -2.19. The minimum Gasteiger partial charge on any atom is -0.289 e. The molecule has 0 unspecified atom stereocenters. The first-order valence-electron chi connectivity index (χ1n) is 9.08. The third-order valence-electron chi connectivity index (χ3n) is 4.62. The Bertz CT molecular complexity index is 1260. The number of nitriles is 1. The van der Waals surface area contributed by atoms with Gasteiger partial charge in [-0.1, -0.05) is 50.2 Å². The normalized spacial score (nSPS) is 12.1. The fourth-order valence-corrected chi connectivity index (χ4v) is 3.46. The zero-order valence-electron chi connectivity index (χ0n) is 16.1. The third kappa shape index (κ3) is 3.18. The van der Waals surface area contributed by atoms with Crippen LogP contribution in [0.2, 0.25) is 0 Å². The Morgan fingerprint density at radius 3 is 1.90 bits per heavy atom. The van der Waals surface area contributed by atoms with Crippen LogP contribution in [0.15, 0.2) is 54.6 Å². The van der Waals surface area contributed by atoms with E-state index in [1.165, 1.54) is 0 Å². The Hall–Kier alpha value is -4.38. The van der Waals surface area contributed by atoms with Gasteiger partial charge in [-0.05, 0) is 5.39 Å². The lowest BCUT2D eigenvalue weighted by Crippen LogP contribution is -2.12. The van der Waals surface area contributed by atoms with Crippen molar-refractivity contribution in [1.82, 2.24) is 0 Å². The molecule has 0 radical (unpaired) electrons. The van der Waals surface area contributed by atoms with E-state index in [1.807, 2.05) is 32.0 Å². The molecule has 0 heterocycles. The molecule has 3 aromatic rings. The average Bonchev–Trinajstić information content (AvgIpc) is 2.76. The second-order valence-corrected chi connectivity index (χ2v) is 6.15. The molecule has 0 bridgehead atoms. The largest absolute Gasteiger partial charge is 0.289 e. The molecule has 0 spiro atoms. The van der Waals surface area contributed by atoms with Gasteiger partial charge < -0.3 is 0 Å². The lowest BCUT2D eigenvalue weighted by molar-refractivity contribution is -0.394. The molecule has 8 nitrogen and oxygen atoms in total. The van der Waals surface area contributed by atoms with Gasteiger partial charge in [-0.15, -0.1) is 0 Å². The molecule has 3 aromatic carbocycles. The highest BCUT2D eigenvalue weighted by molar-refractivity contribution is 6.42. The molecular weight excluding hydrogens is 386 g/mol. The Labute approximate surface area is 171 Å². The van der Waals surface area contributed by atoms with Gasteiger partial charge in [0.15, 0.2) is 5.78 Å². The number of nitrogens with zero attached hydrogens (tertiary/aromatic N) is 3. The molecule has 0 N–H and O–H groups in total. The number of rotatable bonds is 3. The summed E-state index contributed by atoms with van der Waals surface area (Å²) in [6, 6.07) is 15.3. The molecule has 0 aliphatic heterocycles. The Kier molecular flexibility index (Phi) is 5.38. The van der Waals surface area contributed by atoms with E-state index in [-0.39, 0.29) is 16.7 Å². The Morgan fingerprint density at radius 2 is 1.40 bits per heavy atom. The van der Waals surface area contributed by atoms with E-state index >= 15 is 0 Å². The van der Waals surface area contributed by atoms with Gasteiger partial charge in [0.1, 0.15) is 6.07 Å². The molecular formula is C22H15N3O5. The number of hydrogen-bond donors (Lipinski definition) is 0. The SMILES string of the molecule is CC.N#CC1=C(c2cc([N+](=O)[O-])cc([N+](=O)[O-])c2)C(=O)c2cccc3cccc1c23. The number of non-ortho nitro benzene ring substituents is 2. The molecule has 0 saturated carbocycles. The number of nitro groups is 2. The molecule has 4 rings (SSSR count). The van der Waals surface area contributed by atoms with Crippen molar-refractivity contribution in [2.24, 2.45) is 0 Å². The Morgan fingerprint density at radius 1 is 0.867 bits per heavy atom. The molecule has 1 aliphatic rings. The number of ketones is 1. The number of carbonyl (C=O) groups is 1. The number of allylic oxidation sites excluding steroid dienone is 2. The fourth-order valence-electron chi connectivity index (χ4n) is 3.46. The van der Waals surface area contributed by atoms with Crippen LogP contribution in [-0.4, -0.2) is 15.6 Å². The zero-order valence-corrected chi connectivity index (χ0v) is 16.1. The molecule has 148 valence electrons. The molecule has 0 fully saturated rings. The summed E-state index contributed by atoms with van der Waals surface area (Å²) < 4.78 is 0. The predicted molar refractivity (Wildman–Crippen MR) is 112 cm³/mol. The molecule has 30 heavy (non-hydrogen) atoms. The highest BCUT2D eigenvalue weighted by Gasteiger charge is 2.31. The minimum absolute atomic E-state index is 0.0316. The summed E-state index contributed by atoms with van der Waals surface area (Å²) >= 11 is 0. The smallest absolute Gasteiger partial charge is 0.276 e. The molecule has 0 aromatic heterocycles. The van der Waals surface area contributed by atoms with Gasteiger partial charge in [-0.3, -0.25) is 25.0 Å². The maximum absolute atomic E-state index is 13.2. The van der Waals surface area contributed by atoms with Gasteiger partial charge >= 0.3 is 0 Å². The third-order valence-corrected chi connectivity index (χ3v) is 4.62. The van der Waals surface area contributed by atoms with Crippen LogP contribution in [0.4, 0.5) is 11.4 Å². The van der Waals surface area contributed by atoms with E-state index in [4.69, 9.17) is 0 Å². The lowest BCUT2D eigenvalue weighted by atomic mass is 9.80. The van der Waals surface area contributed by atoms with Crippen molar-refractivity contribution in [2.75, 3.05) is 0 Å². The summed E-state index contributed by atoms with van der Waals surface area (Å²) in [5.41, 5.74) is -0.285. The van der Waals surface area contributed by atoms with E-state index < -0.39 is 27.0 Å². The van der Waals surface area contributed by atoms with Crippen LogP contribution in [-0.2, 0) is 0 Å². The number of Topliss-reactive ketones (excluding diaryl/α,β-unsaturated/α-hetero) is 1. The summed E-state index contributed by atoms with van der Waals surface area (Å²) in [7, 11) is 0. The van der Waals surface area contributed by atoms with Crippen LogP contribution in [0.1, 0.15) is 35.3 Å². The maximum atomic E-state index is 13.2. The van der Waals surface area contributed by atoms with Crippen molar-refractivity contribution in [2.45, 2.75) is 13.8 Å². The van der Waals surface area contributed by atoms with Crippen molar-refractivity contribution in [3.63, 3.8) is 0 Å². The quantitative estimate of drug-likeness (QED) is 0.432. The van der Waals surface area contributed by atoms with Gasteiger partial charge in [-0.25, -0.2) is 0 Å². The van der Waals surface area contributed by atoms with Crippen LogP contribution in [0.5, 0.6) is 0 Å². The van der Waals surface area contributed by atoms with Crippen LogP contribution in [0.25, 0.3) is 21.9 Å². The van der Waals surface area contributed by atoms with Gasteiger partial charge in [0, 0.05) is 39.8 Å². The highest BCUT2D eigenvalue weighted by atomic mass is 16.6. The maximum Gasteiger partial charge on any atom is 0.276 e. The fraction of sp³-hybridized carbons (Fsp3) is 0.0909. The van der Waals surface area contributed by atoms with Crippen molar-refractivity contribution < 1.29 is 14.6 Å². The monoisotopic (exact) mass is 401 g/mol. The predicted octanol–water partition coefficient (Wildman–Crippen LogP) is 5.31. The van der Waals surface area contributed by atoms with E-state index in [0.717, 1.165) is 23.6 Å². The minimum atomic E-state index is -0.773. The summed E-state index contributed by atoms with van der Waals surface area (Å²) in [6.07, 6.45) is 0. The molecule has 8 heteroatoms. The second kappa shape index (κ2) is 7.93.